The quantitative estimate of drug-likeness (QED) is 0.784. The highest BCUT2D eigenvalue weighted by molar-refractivity contribution is 9.10. The van der Waals surface area contributed by atoms with Crippen LogP contribution < -0.4 is 5.32 Å². The van der Waals surface area contributed by atoms with Gasteiger partial charge in [-0.15, -0.1) is 0 Å². The van der Waals surface area contributed by atoms with Crippen molar-refractivity contribution in [1.29, 1.82) is 5.41 Å². The highest BCUT2D eigenvalue weighted by Gasteiger charge is 1.98. The largest absolute Gasteiger partial charge is 0.326 e. The fourth-order valence-corrected chi connectivity index (χ4v) is 1.10. The Morgan fingerprint density at radius 3 is 2.62 bits per heavy atom. The Morgan fingerprint density at radius 2 is 2.08 bits per heavy atom. The molecule has 0 atom stereocenters. The van der Waals surface area contributed by atoms with Gasteiger partial charge < -0.3 is 10.7 Å². The van der Waals surface area contributed by atoms with Crippen molar-refractivity contribution >= 4 is 33.7 Å². The van der Waals surface area contributed by atoms with Gasteiger partial charge in [0.15, 0.2) is 0 Å². The van der Waals surface area contributed by atoms with E-state index < -0.39 is 0 Å². The molecule has 0 saturated carbocycles. The van der Waals surface area contributed by atoms with Gasteiger partial charge in [-0.2, -0.15) is 0 Å². The lowest BCUT2D eigenvalue weighted by Crippen LogP contribution is -2.11. The van der Waals surface area contributed by atoms with Gasteiger partial charge in [0.25, 0.3) is 0 Å². The third kappa shape index (κ3) is 3.38. The second-order valence-electron chi connectivity index (χ2n) is 2.46. The highest BCUT2D eigenvalue weighted by Crippen LogP contribution is 2.13. The number of amides is 1. The average molecular weight is 241 g/mol. The molecule has 1 rings (SSSR count). The number of benzene rings is 1. The maximum Gasteiger partial charge on any atom is 0.229 e. The first-order chi connectivity index (χ1) is 6.22. The van der Waals surface area contributed by atoms with Crippen LogP contribution in [0.4, 0.5) is 5.69 Å². The lowest BCUT2D eigenvalue weighted by atomic mass is 10.3. The van der Waals surface area contributed by atoms with Crippen LogP contribution in [0.5, 0.6) is 0 Å². The Kier molecular flexibility index (Phi) is 3.64. The number of anilines is 1. The molecule has 0 unspecified atom stereocenters. The first-order valence-corrected chi connectivity index (χ1v) is 4.56. The van der Waals surface area contributed by atoms with Crippen LogP contribution in [-0.4, -0.2) is 12.1 Å². The summed E-state index contributed by atoms with van der Waals surface area (Å²) in [5, 5.41) is 9.40. The summed E-state index contributed by atoms with van der Waals surface area (Å²) in [5.74, 6) is -0.169. The fourth-order valence-electron chi connectivity index (χ4n) is 0.838. The monoisotopic (exact) mass is 240 g/mol. The second kappa shape index (κ2) is 4.77. The van der Waals surface area contributed by atoms with Gasteiger partial charge in [-0.05, 0) is 24.3 Å². The molecule has 2 N–H and O–H groups in total. The van der Waals surface area contributed by atoms with E-state index in [2.05, 4.69) is 21.2 Å². The van der Waals surface area contributed by atoms with Gasteiger partial charge in [0.05, 0.1) is 6.42 Å². The third-order valence-corrected chi connectivity index (χ3v) is 1.94. The molecule has 0 bridgehead atoms. The molecule has 0 aromatic heterocycles. The van der Waals surface area contributed by atoms with Crippen molar-refractivity contribution in [2.24, 2.45) is 0 Å². The number of hydrogen-bond donors (Lipinski definition) is 2. The lowest BCUT2D eigenvalue weighted by Gasteiger charge is -2.02. The van der Waals surface area contributed by atoms with Crippen LogP contribution in [0.2, 0.25) is 0 Å². The van der Waals surface area contributed by atoms with Gasteiger partial charge >= 0.3 is 0 Å². The number of rotatable bonds is 3. The Balaban J connectivity index is 2.59. The molecule has 68 valence electrons. The predicted octanol–water partition coefficient (Wildman–Crippen LogP) is 2.43. The molecule has 0 spiro atoms. The summed E-state index contributed by atoms with van der Waals surface area (Å²) in [6.45, 7) is 0. The van der Waals surface area contributed by atoms with Crippen molar-refractivity contribution in [3.63, 3.8) is 0 Å². The summed E-state index contributed by atoms with van der Waals surface area (Å²) in [7, 11) is 0. The fraction of sp³-hybridized carbons (Fsp3) is 0.111. The average Bonchev–Trinajstić information content (AvgIpc) is 2.09. The van der Waals surface area contributed by atoms with Crippen LogP contribution in [-0.2, 0) is 4.79 Å². The zero-order valence-electron chi connectivity index (χ0n) is 6.88. The topological polar surface area (TPSA) is 53.0 Å². The van der Waals surface area contributed by atoms with Gasteiger partial charge in [0, 0.05) is 16.4 Å². The molecular formula is C9H9BrN2O. The Hall–Kier alpha value is -1.16. The zero-order valence-corrected chi connectivity index (χ0v) is 8.47. The minimum atomic E-state index is -0.169. The third-order valence-electron chi connectivity index (χ3n) is 1.42. The molecule has 0 radical (unpaired) electrons. The molecule has 13 heavy (non-hydrogen) atoms. The Bertz CT molecular complexity index is 308. The second-order valence-corrected chi connectivity index (χ2v) is 3.38. The minimum Gasteiger partial charge on any atom is -0.326 e. The van der Waals surface area contributed by atoms with Crippen molar-refractivity contribution in [2.45, 2.75) is 6.42 Å². The van der Waals surface area contributed by atoms with Crippen LogP contribution in [0.3, 0.4) is 0 Å². The molecule has 1 amide bonds. The van der Waals surface area contributed by atoms with E-state index in [0.29, 0.717) is 0 Å². The summed E-state index contributed by atoms with van der Waals surface area (Å²) < 4.78 is 0.970. The molecule has 0 saturated heterocycles. The molecule has 0 aliphatic heterocycles. The van der Waals surface area contributed by atoms with Crippen molar-refractivity contribution in [1.82, 2.24) is 0 Å². The molecular weight excluding hydrogens is 232 g/mol. The predicted molar refractivity (Wildman–Crippen MR) is 56.2 cm³/mol. The highest BCUT2D eigenvalue weighted by atomic mass is 79.9. The Labute approximate surface area is 84.8 Å². The van der Waals surface area contributed by atoms with Gasteiger partial charge in [-0.3, -0.25) is 4.79 Å². The van der Waals surface area contributed by atoms with Gasteiger partial charge in [-0.1, -0.05) is 15.9 Å². The summed E-state index contributed by atoms with van der Waals surface area (Å²) in [4.78, 5) is 11.0. The molecule has 0 fully saturated rings. The zero-order chi connectivity index (χ0) is 9.68. The number of halogens is 1. The number of nitrogens with one attached hydrogen (secondary N) is 2. The number of hydrogen-bond acceptors (Lipinski definition) is 2. The first kappa shape index (κ1) is 9.92. The summed E-state index contributed by atoms with van der Waals surface area (Å²) in [6, 6.07) is 7.29. The van der Waals surface area contributed by atoms with Crippen LogP contribution >= 0.6 is 15.9 Å². The SMILES string of the molecule is N=CCC(=O)Nc1ccc(Br)cc1. The first-order valence-electron chi connectivity index (χ1n) is 3.76. The van der Waals surface area contributed by atoms with E-state index in [0.717, 1.165) is 16.4 Å². The van der Waals surface area contributed by atoms with E-state index in [1.807, 2.05) is 12.1 Å². The Morgan fingerprint density at radius 1 is 1.46 bits per heavy atom. The normalized spacial score (nSPS) is 9.31. The molecule has 4 heteroatoms. The maximum absolute atomic E-state index is 11.0. The maximum atomic E-state index is 11.0. The molecule has 3 nitrogen and oxygen atoms in total. The van der Waals surface area contributed by atoms with Crippen molar-refractivity contribution in [3.05, 3.63) is 28.7 Å². The smallest absolute Gasteiger partial charge is 0.229 e. The molecule has 0 aliphatic rings. The van der Waals surface area contributed by atoms with E-state index in [-0.39, 0.29) is 12.3 Å². The molecule has 1 aromatic carbocycles. The molecule has 1 aromatic rings. The van der Waals surface area contributed by atoms with Crippen LogP contribution in [0, 0.1) is 5.41 Å². The van der Waals surface area contributed by atoms with E-state index >= 15 is 0 Å². The van der Waals surface area contributed by atoms with E-state index in [4.69, 9.17) is 5.41 Å². The van der Waals surface area contributed by atoms with E-state index in [1.165, 1.54) is 0 Å². The van der Waals surface area contributed by atoms with Crippen molar-refractivity contribution < 1.29 is 4.79 Å². The van der Waals surface area contributed by atoms with Gasteiger partial charge in [0.2, 0.25) is 5.91 Å². The minimum absolute atomic E-state index is 0.121. The summed E-state index contributed by atoms with van der Waals surface area (Å²) in [6.07, 6.45) is 1.20. The molecule has 0 heterocycles. The van der Waals surface area contributed by atoms with Gasteiger partial charge in [0.1, 0.15) is 0 Å². The van der Waals surface area contributed by atoms with Crippen LogP contribution in [0.25, 0.3) is 0 Å². The lowest BCUT2D eigenvalue weighted by molar-refractivity contribution is -0.115. The van der Waals surface area contributed by atoms with Crippen molar-refractivity contribution in [3.8, 4) is 0 Å². The number of carbonyl (C=O) groups excluding carboxylic acids is 1. The summed E-state index contributed by atoms with van der Waals surface area (Å²) >= 11 is 3.29. The van der Waals surface area contributed by atoms with Crippen LogP contribution in [0.1, 0.15) is 6.42 Å². The number of carbonyl (C=O) groups is 1. The van der Waals surface area contributed by atoms with Crippen molar-refractivity contribution in [2.75, 3.05) is 5.32 Å². The van der Waals surface area contributed by atoms with Crippen LogP contribution in [0.15, 0.2) is 28.7 Å². The van der Waals surface area contributed by atoms with Gasteiger partial charge in [-0.25, -0.2) is 0 Å². The van der Waals surface area contributed by atoms with E-state index in [1.54, 1.807) is 12.1 Å². The molecule has 0 aliphatic carbocycles. The summed E-state index contributed by atoms with van der Waals surface area (Å²) in [5.41, 5.74) is 0.745. The van der Waals surface area contributed by atoms with E-state index in [9.17, 15) is 4.79 Å². The standard InChI is InChI=1S/C9H9BrN2O/c10-7-1-3-8(4-2-7)12-9(13)5-6-11/h1-4,6,11H,5H2,(H,12,13).